The number of pyridine rings is 1. The number of rotatable bonds is 8. The summed E-state index contributed by atoms with van der Waals surface area (Å²) in [5.74, 6) is 0.186. The van der Waals surface area contributed by atoms with Gasteiger partial charge < -0.3 is 9.73 Å². The molecule has 0 radical (unpaired) electrons. The number of aryl methyl sites for hydroxylation is 1. The lowest BCUT2D eigenvalue weighted by Crippen LogP contribution is -2.44. The van der Waals surface area contributed by atoms with Crippen molar-refractivity contribution in [2.24, 2.45) is 0 Å². The molecule has 0 saturated heterocycles. The Balaban J connectivity index is 1.74. The molecule has 6 nitrogen and oxygen atoms in total. The van der Waals surface area contributed by atoms with Crippen LogP contribution in [-0.2, 0) is 22.6 Å². The summed E-state index contributed by atoms with van der Waals surface area (Å²) < 4.78 is 5.35. The van der Waals surface area contributed by atoms with Crippen LogP contribution in [0.4, 0.5) is 5.69 Å². The Bertz CT molecular complexity index is 1160. The third kappa shape index (κ3) is 4.95. The maximum absolute atomic E-state index is 13.6. The van der Waals surface area contributed by atoms with Gasteiger partial charge in [-0.05, 0) is 59.8 Å². The van der Waals surface area contributed by atoms with Crippen molar-refractivity contribution in [1.29, 1.82) is 0 Å². The zero-order chi connectivity index (χ0) is 22.3. The summed E-state index contributed by atoms with van der Waals surface area (Å²) in [5.41, 5.74) is 2.29. The standard InChI is InChI=1S/C25H23N3O3S/c1-18-6-2-3-9-22(18)28(23(29)16-21-8-5-15-32-21)24(19-10-12-26-13-11-19)25(30)27-17-20-7-4-14-31-20/h2-15,24H,16-17H2,1H3,(H,27,30). The van der Waals surface area contributed by atoms with Gasteiger partial charge in [0.2, 0.25) is 11.8 Å². The summed E-state index contributed by atoms with van der Waals surface area (Å²) in [6, 6.07) is 17.7. The van der Waals surface area contributed by atoms with E-state index in [0.29, 0.717) is 17.0 Å². The minimum Gasteiger partial charge on any atom is -0.467 e. The van der Waals surface area contributed by atoms with Crippen molar-refractivity contribution < 1.29 is 14.0 Å². The molecule has 32 heavy (non-hydrogen) atoms. The molecule has 0 aliphatic rings. The number of carbonyl (C=O) groups excluding carboxylic acids is 2. The van der Waals surface area contributed by atoms with E-state index >= 15 is 0 Å². The smallest absolute Gasteiger partial charge is 0.248 e. The van der Waals surface area contributed by atoms with E-state index in [4.69, 9.17) is 4.42 Å². The largest absolute Gasteiger partial charge is 0.467 e. The van der Waals surface area contributed by atoms with Crippen LogP contribution in [0.1, 0.15) is 27.8 Å². The average Bonchev–Trinajstić information content (AvgIpc) is 3.51. The molecular weight excluding hydrogens is 422 g/mol. The van der Waals surface area contributed by atoms with Crippen LogP contribution in [0.3, 0.4) is 0 Å². The predicted octanol–water partition coefficient (Wildman–Crippen LogP) is 4.68. The van der Waals surface area contributed by atoms with Crippen molar-refractivity contribution >= 4 is 28.8 Å². The average molecular weight is 446 g/mol. The third-order valence-corrected chi connectivity index (χ3v) is 5.97. The van der Waals surface area contributed by atoms with E-state index in [1.807, 2.05) is 48.7 Å². The summed E-state index contributed by atoms with van der Waals surface area (Å²) in [6.45, 7) is 2.17. The van der Waals surface area contributed by atoms with Crippen molar-refractivity contribution in [1.82, 2.24) is 10.3 Å². The number of benzene rings is 1. The number of para-hydroxylation sites is 1. The maximum Gasteiger partial charge on any atom is 0.248 e. The molecule has 3 heterocycles. The molecule has 0 saturated carbocycles. The monoisotopic (exact) mass is 445 g/mol. The molecule has 0 fully saturated rings. The third-order valence-electron chi connectivity index (χ3n) is 5.09. The van der Waals surface area contributed by atoms with Gasteiger partial charge in [0.05, 0.1) is 19.2 Å². The van der Waals surface area contributed by atoms with Crippen LogP contribution in [0.5, 0.6) is 0 Å². The van der Waals surface area contributed by atoms with Crippen LogP contribution >= 0.6 is 11.3 Å². The van der Waals surface area contributed by atoms with Gasteiger partial charge in [0.15, 0.2) is 0 Å². The highest BCUT2D eigenvalue weighted by molar-refractivity contribution is 7.10. The van der Waals surface area contributed by atoms with Gasteiger partial charge >= 0.3 is 0 Å². The van der Waals surface area contributed by atoms with Crippen LogP contribution < -0.4 is 10.2 Å². The van der Waals surface area contributed by atoms with Gasteiger partial charge in [-0.15, -0.1) is 11.3 Å². The van der Waals surface area contributed by atoms with Crippen LogP contribution in [-0.4, -0.2) is 16.8 Å². The summed E-state index contributed by atoms with van der Waals surface area (Å²) in [5, 5.41) is 4.86. The molecule has 1 atom stereocenters. The molecular formula is C25H23N3O3S. The Morgan fingerprint density at radius 1 is 1.06 bits per heavy atom. The molecule has 1 aromatic carbocycles. The SMILES string of the molecule is Cc1ccccc1N(C(=O)Cc1cccs1)C(C(=O)NCc1ccco1)c1ccncc1. The van der Waals surface area contributed by atoms with Crippen LogP contribution in [0, 0.1) is 6.92 Å². The van der Waals surface area contributed by atoms with E-state index in [2.05, 4.69) is 10.3 Å². The van der Waals surface area contributed by atoms with E-state index in [0.717, 1.165) is 10.4 Å². The Morgan fingerprint density at radius 3 is 2.56 bits per heavy atom. The van der Waals surface area contributed by atoms with Crippen LogP contribution in [0.2, 0.25) is 0 Å². The Morgan fingerprint density at radius 2 is 1.88 bits per heavy atom. The topological polar surface area (TPSA) is 75.4 Å². The number of carbonyl (C=O) groups is 2. The molecule has 0 bridgehead atoms. The van der Waals surface area contributed by atoms with Crippen LogP contribution in [0.25, 0.3) is 0 Å². The lowest BCUT2D eigenvalue weighted by molar-refractivity contribution is -0.126. The second-order valence-electron chi connectivity index (χ2n) is 7.29. The number of aromatic nitrogens is 1. The van der Waals surface area contributed by atoms with E-state index in [1.165, 1.54) is 11.3 Å². The first-order valence-corrected chi connectivity index (χ1v) is 11.1. The lowest BCUT2D eigenvalue weighted by Gasteiger charge is -2.32. The number of nitrogens with one attached hydrogen (secondary N) is 1. The number of anilines is 1. The first kappa shape index (κ1) is 21.5. The summed E-state index contributed by atoms with van der Waals surface area (Å²) in [6.07, 6.45) is 5.02. The highest BCUT2D eigenvalue weighted by atomic mass is 32.1. The number of thiophene rings is 1. The minimum atomic E-state index is -0.860. The fraction of sp³-hybridized carbons (Fsp3) is 0.160. The second kappa shape index (κ2) is 10.1. The number of nitrogens with zero attached hydrogens (tertiary/aromatic N) is 2. The van der Waals surface area contributed by atoms with Crippen molar-refractivity contribution in [3.8, 4) is 0 Å². The Labute approximate surface area is 190 Å². The number of hydrogen-bond acceptors (Lipinski definition) is 5. The highest BCUT2D eigenvalue weighted by Gasteiger charge is 2.33. The molecule has 0 spiro atoms. The van der Waals surface area contributed by atoms with Gasteiger partial charge in [-0.1, -0.05) is 24.3 Å². The van der Waals surface area contributed by atoms with E-state index in [1.54, 1.807) is 47.8 Å². The minimum absolute atomic E-state index is 0.156. The molecule has 162 valence electrons. The molecule has 3 aromatic heterocycles. The number of amides is 2. The molecule has 4 rings (SSSR count). The highest BCUT2D eigenvalue weighted by Crippen LogP contribution is 2.31. The summed E-state index contributed by atoms with van der Waals surface area (Å²) >= 11 is 1.52. The van der Waals surface area contributed by atoms with Crippen molar-refractivity contribution in [3.05, 3.63) is 106 Å². The fourth-order valence-electron chi connectivity index (χ4n) is 3.55. The molecule has 7 heteroatoms. The lowest BCUT2D eigenvalue weighted by atomic mass is 10.0. The van der Waals surface area contributed by atoms with E-state index in [-0.39, 0.29) is 24.8 Å². The van der Waals surface area contributed by atoms with Crippen molar-refractivity contribution in [2.75, 3.05) is 4.90 Å². The first-order chi connectivity index (χ1) is 15.6. The predicted molar refractivity (Wildman–Crippen MR) is 124 cm³/mol. The van der Waals surface area contributed by atoms with Crippen molar-refractivity contribution in [3.63, 3.8) is 0 Å². The molecule has 0 aliphatic carbocycles. The molecule has 1 N–H and O–H groups in total. The normalized spacial score (nSPS) is 11.7. The summed E-state index contributed by atoms with van der Waals surface area (Å²) in [7, 11) is 0. The Kier molecular flexibility index (Phi) is 6.77. The number of hydrogen-bond donors (Lipinski definition) is 1. The van der Waals surface area contributed by atoms with Crippen molar-refractivity contribution in [2.45, 2.75) is 25.9 Å². The first-order valence-electron chi connectivity index (χ1n) is 10.2. The second-order valence-corrected chi connectivity index (χ2v) is 8.32. The van der Waals surface area contributed by atoms with Gasteiger partial charge in [-0.25, -0.2) is 0 Å². The van der Waals surface area contributed by atoms with Crippen LogP contribution in [0.15, 0.2) is 89.1 Å². The molecule has 1 unspecified atom stereocenters. The maximum atomic E-state index is 13.6. The van der Waals surface area contributed by atoms with E-state index in [9.17, 15) is 9.59 Å². The molecule has 4 aromatic rings. The van der Waals surface area contributed by atoms with E-state index < -0.39 is 6.04 Å². The zero-order valence-electron chi connectivity index (χ0n) is 17.6. The fourth-order valence-corrected chi connectivity index (χ4v) is 4.24. The van der Waals surface area contributed by atoms with Gasteiger partial charge in [-0.2, -0.15) is 0 Å². The van der Waals surface area contributed by atoms with Gasteiger partial charge in [-0.3, -0.25) is 19.5 Å². The molecule has 2 amide bonds. The molecule has 0 aliphatic heterocycles. The Hall–Kier alpha value is -3.71. The van der Waals surface area contributed by atoms with Gasteiger partial charge in [0, 0.05) is 23.0 Å². The zero-order valence-corrected chi connectivity index (χ0v) is 18.4. The van der Waals surface area contributed by atoms with Gasteiger partial charge in [0.1, 0.15) is 11.8 Å². The van der Waals surface area contributed by atoms with Gasteiger partial charge in [0.25, 0.3) is 0 Å². The quantitative estimate of drug-likeness (QED) is 0.427. The number of furan rings is 1. The summed E-state index contributed by atoms with van der Waals surface area (Å²) in [4.78, 5) is 33.8.